The minimum atomic E-state index is -1.10. The summed E-state index contributed by atoms with van der Waals surface area (Å²) in [5, 5.41) is 10.6. The summed E-state index contributed by atoms with van der Waals surface area (Å²) < 4.78 is 1.54. The molecule has 0 aliphatic carbocycles. The summed E-state index contributed by atoms with van der Waals surface area (Å²) in [7, 11) is 0. The molecule has 0 spiro atoms. The molecule has 188 valence electrons. The quantitative estimate of drug-likeness (QED) is 0.277. The van der Waals surface area contributed by atoms with E-state index in [1.54, 1.807) is 17.7 Å². The number of rotatable bonds is 11. The first-order chi connectivity index (χ1) is 17.9. The van der Waals surface area contributed by atoms with Crippen LogP contribution in [0, 0.1) is 6.92 Å². The van der Waals surface area contributed by atoms with Crippen molar-refractivity contribution in [3.63, 3.8) is 0 Å². The molecule has 8 nitrogen and oxygen atoms in total. The largest absolute Gasteiger partial charge is 0.363 e. The van der Waals surface area contributed by atoms with Crippen LogP contribution in [0.15, 0.2) is 91.0 Å². The van der Waals surface area contributed by atoms with Crippen LogP contribution in [0.2, 0.25) is 0 Å². The monoisotopic (exact) mass is 495 g/mol. The summed E-state index contributed by atoms with van der Waals surface area (Å²) in [6.07, 6.45) is 0.143. The number of amides is 2. The molecular weight excluding hydrogens is 466 g/mol. The Kier molecular flexibility index (Phi) is 8.22. The SMILES string of the molecule is Cc1cc(C(=O)NC(Cc2ccccc2)C(=O)C(N)=O)n(-c2cccc(CNCc3ccccc3)c2)n1. The second-order valence-corrected chi connectivity index (χ2v) is 8.79. The minimum absolute atomic E-state index is 0.143. The molecule has 8 heteroatoms. The number of primary amides is 1. The molecule has 0 bridgehead atoms. The van der Waals surface area contributed by atoms with Crippen LogP contribution in [0.25, 0.3) is 5.69 Å². The van der Waals surface area contributed by atoms with Crippen LogP contribution < -0.4 is 16.4 Å². The number of nitrogens with two attached hydrogens (primary N) is 1. The zero-order valence-corrected chi connectivity index (χ0v) is 20.6. The number of nitrogens with zero attached hydrogens (tertiary/aromatic N) is 2. The first kappa shape index (κ1) is 25.5. The highest BCUT2D eigenvalue weighted by Gasteiger charge is 2.27. The zero-order chi connectivity index (χ0) is 26.2. The molecule has 0 radical (unpaired) electrons. The third-order valence-corrected chi connectivity index (χ3v) is 5.87. The van der Waals surface area contributed by atoms with E-state index in [1.165, 1.54) is 5.56 Å². The van der Waals surface area contributed by atoms with Gasteiger partial charge in [0.1, 0.15) is 11.7 Å². The Balaban J connectivity index is 1.52. The van der Waals surface area contributed by atoms with Gasteiger partial charge >= 0.3 is 0 Å². The van der Waals surface area contributed by atoms with Crippen molar-refractivity contribution in [3.05, 3.63) is 119 Å². The normalized spacial score (nSPS) is 11.6. The molecule has 3 aromatic carbocycles. The van der Waals surface area contributed by atoms with E-state index in [9.17, 15) is 14.4 Å². The van der Waals surface area contributed by atoms with Gasteiger partial charge in [0.25, 0.3) is 11.8 Å². The van der Waals surface area contributed by atoms with Gasteiger partial charge in [0.15, 0.2) is 0 Å². The first-order valence-corrected chi connectivity index (χ1v) is 12.0. The van der Waals surface area contributed by atoms with Gasteiger partial charge < -0.3 is 16.4 Å². The molecule has 1 atom stereocenters. The summed E-state index contributed by atoms with van der Waals surface area (Å²) in [5.41, 5.74) is 9.87. The summed E-state index contributed by atoms with van der Waals surface area (Å²) in [5.74, 6) is -2.48. The van der Waals surface area contributed by atoms with Crippen molar-refractivity contribution in [2.45, 2.75) is 32.5 Å². The summed E-state index contributed by atoms with van der Waals surface area (Å²) in [6.45, 7) is 3.15. The number of nitrogens with one attached hydrogen (secondary N) is 2. The van der Waals surface area contributed by atoms with Crippen molar-refractivity contribution in [3.8, 4) is 5.69 Å². The lowest BCUT2D eigenvalue weighted by Crippen LogP contribution is -2.47. The fourth-order valence-electron chi connectivity index (χ4n) is 4.07. The fraction of sp³-hybridized carbons (Fsp3) is 0.172. The number of ketones is 1. The lowest BCUT2D eigenvalue weighted by Gasteiger charge is -2.17. The highest BCUT2D eigenvalue weighted by molar-refractivity contribution is 6.38. The molecule has 1 heterocycles. The predicted molar refractivity (Wildman–Crippen MR) is 141 cm³/mol. The number of aromatic nitrogens is 2. The maximum absolute atomic E-state index is 13.3. The van der Waals surface area contributed by atoms with Gasteiger partial charge in [0.2, 0.25) is 5.78 Å². The van der Waals surface area contributed by atoms with Gasteiger partial charge in [-0.1, -0.05) is 72.8 Å². The van der Waals surface area contributed by atoms with E-state index < -0.39 is 23.6 Å². The van der Waals surface area contributed by atoms with Crippen LogP contribution in [0.4, 0.5) is 0 Å². The second kappa shape index (κ2) is 11.9. The summed E-state index contributed by atoms with van der Waals surface area (Å²) in [4.78, 5) is 37.5. The van der Waals surface area contributed by atoms with E-state index in [1.807, 2.05) is 72.8 Å². The molecule has 1 unspecified atom stereocenters. The van der Waals surface area contributed by atoms with E-state index in [-0.39, 0.29) is 12.1 Å². The van der Waals surface area contributed by atoms with Gasteiger partial charge in [-0.15, -0.1) is 0 Å². The van der Waals surface area contributed by atoms with E-state index >= 15 is 0 Å². The highest BCUT2D eigenvalue weighted by atomic mass is 16.2. The minimum Gasteiger partial charge on any atom is -0.363 e. The van der Waals surface area contributed by atoms with Crippen LogP contribution >= 0.6 is 0 Å². The standard InChI is InChI=1S/C29H29N5O3/c1-20-15-26(29(37)32-25(27(35)28(30)36)17-21-9-4-2-5-10-21)34(33-20)24-14-8-13-23(16-24)19-31-18-22-11-6-3-7-12-22/h2-16,25,31H,17-19H2,1H3,(H2,30,36)(H,32,37). The number of Topliss-reactive ketones (excluding diaryl/α,β-unsaturated/α-hetero) is 1. The van der Waals surface area contributed by atoms with Gasteiger partial charge in [-0.2, -0.15) is 5.10 Å². The summed E-state index contributed by atoms with van der Waals surface area (Å²) >= 11 is 0. The number of carbonyl (C=O) groups excluding carboxylic acids is 3. The molecule has 0 saturated heterocycles. The van der Waals surface area contributed by atoms with Crippen molar-refractivity contribution in [2.75, 3.05) is 0 Å². The van der Waals surface area contributed by atoms with Crippen molar-refractivity contribution in [1.29, 1.82) is 0 Å². The molecule has 2 amide bonds. The van der Waals surface area contributed by atoms with Crippen LogP contribution in [0.1, 0.15) is 32.9 Å². The van der Waals surface area contributed by atoms with Crippen molar-refractivity contribution in [2.24, 2.45) is 5.73 Å². The Morgan fingerprint density at radius 3 is 2.14 bits per heavy atom. The maximum atomic E-state index is 13.3. The zero-order valence-electron chi connectivity index (χ0n) is 20.6. The van der Waals surface area contributed by atoms with E-state index in [4.69, 9.17) is 5.73 Å². The molecule has 4 N–H and O–H groups in total. The molecular formula is C29H29N5O3. The number of hydrogen-bond donors (Lipinski definition) is 3. The van der Waals surface area contributed by atoms with Gasteiger partial charge in [-0.25, -0.2) is 4.68 Å². The number of benzene rings is 3. The number of hydrogen-bond acceptors (Lipinski definition) is 5. The van der Waals surface area contributed by atoms with Gasteiger partial charge in [0.05, 0.1) is 11.4 Å². The van der Waals surface area contributed by atoms with Crippen molar-refractivity contribution in [1.82, 2.24) is 20.4 Å². The smallest absolute Gasteiger partial charge is 0.287 e. The molecule has 0 saturated carbocycles. The predicted octanol–water partition coefficient (Wildman–Crippen LogP) is 2.87. The molecule has 0 fully saturated rings. The van der Waals surface area contributed by atoms with E-state index in [0.29, 0.717) is 17.9 Å². The van der Waals surface area contributed by atoms with Crippen molar-refractivity contribution >= 4 is 17.6 Å². The lowest BCUT2D eigenvalue weighted by atomic mass is 10.0. The Morgan fingerprint density at radius 2 is 1.46 bits per heavy atom. The Morgan fingerprint density at radius 1 is 0.838 bits per heavy atom. The van der Waals surface area contributed by atoms with Crippen LogP contribution in [-0.2, 0) is 29.1 Å². The molecule has 0 aliphatic heterocycles. The lowest BCUT2D eigenvalue weighted by molar-refractivity contribution is -0.137. The fourth-order valence-corrected chi connectivity index (χ4v) is 4.07. The topological polar surface area (TPSA) is 119 Å². The van der Waals surface area contributed by atoms with Gasteiger partial charge in [0, 0.05) is 19.5 Å². The molecule has 4 aromatic rings. The Bertz CT molecular complexity index is 1380. The maximum Gasteiger partial charge on any atom is 0.287 e. The molecule has 37 heavy (non-hydrogen) atoms. The van der Waals surface area contributed by atoms with Crippen LogP contribution in [-0.4, -0.2) is 33.4 Å². The Hall–Kier alpha value is -4.56. The molecule has 4 rings (SSSR count). The summed E-state index contributed by atoms with van der Waals surface area (Å²) in [6, 6.07) is 27.5. The molecule has 0 aliphatic rings. The average molecular weight is 496 g/mol. The third-order valence-electron chi connectivity index (χ3n) is 5.87. The van der Waals surface area contributed by atoms with Gasteiger partial charge in [-0.05, 0) is 41.8 Å². The van der Waals surface area contributed by atoms with Crippen LogP contribution in [0.5, 0.6) is 0 Å². The second-order valence-electron chi connectivity index (χ2n) is 8.79. The average Bonchev–Trinajstić information content (AvgIpc) is 3.31. The molecule has 1 aromatic heterocycles. The van der Waals surface area contributed by atoms with E-state index in [2.05, 4.69) is 27.9 Å². The first-order valence-electron chi connectivity index (χ1n) is 12.0. The van der Waals surface area contributed by atoms with Crippen molar-refractivity contribution < 1.29 is 14.4 Å². The number of aryl methyl sites for hydroxylation is 1. The third kappa shape index (κ3) is 6.77. The van der Waals surface area contributed by atoms with Gasteiger partial charge in [-0.3, -0.25) is 14.4 Å². The number of carbonyl (C=O) groups is 3. The van der Waals surface area contributed by atoms with Crippen LogP contribution in [0.3, 0.4) is 0 Å². The highest BCUT2D eigenvalue weighted by Crippen LogP contribution is 2.16. The van der Waals surface area contributed by atoms with E-state index in [0.717, 1.165) is 17.7 Å². The Labute approximate surface area is 215 Å².